The van der Waals surface area contributed by atoms with Gasteiger partial charge >= 0.3 is 0 Å². The maximum atomic E-state index is 12.8. The summed E-state index contributed by atoms with van der Waals surface area (Å²) in [7, 11) is 0. The average molecular weight is 349 g/mol. The Labute approximate surface area is 155 Å². The van der Waals surface area contributed by atoms with Gasteiger partial charge in [-0.15, -0.1) is 0 Å². The van der Waals surface area contributed by atoms with E-state index in [4.69, 9.17) is 4.74 Å². The van der Waals surface area contributed by atoms with Crippen LogP contribution in [0.3, 0.4) is 0 Å². The molecular formula is C23H27NO2. The lowest BCUT2D eigenvalue weighted by Gasteiger charge is -2.28. The quantitative estimate of drug-likeness (QED) is 0.881. The van der Waals surface area contributed by atoms with Crippen LogP contribution in [0.1, 0.15) is 60.9 Å². The van der Waals surface area contributed by atoms with E-state index in [9.17, 15) is 4.79 Å². The minimum absolute atomic E-state index is 0.0277. The molecule has 2 aliphatic carbocycles. The maximum Gasteiger partial charge on any atom is 0.261 e. The SMILES string of the molecule is C[C@@H](Oc1cccc2c1CCCC2)C(=O)N[C@@H]1CCCc2ccccc21. The summed E-state index contributed by atoms with van der Waals surface area (Å²) in [5.41, 5.74) is 5.29. The molecule has 3 nitrogen and oxygen atoms in total. The van der Waals surface area contributed by atoms with E-state index in [0.29, 0.717) is 0 Å². The number of aryl methyl sites for hydroxylation is 2. The Hall–Kier alpha value is -2.29. The van der Waals surface area contributed by atoms with Crippen molar-refractivity contribution >= 4 is 5.91 Å². The Kier molecular flexibility index (Phi) is 4.96. The monoisotopic (exact) mass is 349 g/mol. The van der Waals surface area contributed by atoms with Gasteiger partial charge in [0.2, 0.25) is 0 Å². The summed E-state index contributed by atoms with van der Waals surface area (Å²) in [5.74, 6) is 0.856. The molecule has 1 amide bonds. The smallest absolute Gasteiger partial charge is 0.261 e. The fourth-order valence-corrected chi connectivity index (χ4v) is 4.29. The van der Waals surface area contributed by atoms with Crippen molar-refractivity contribution in [3.63, 3.8) is 0 Å². The summed E-state index contributed by atoms with van der Waals surface area (Å²) in [5, 5.41) is 3.21. The van der Waals surface area contributed by atoms with Gasteiger partial charge in [-0.2, -0.15) is 0 Å². The van der Waals surface area contributed by atoms with Crippen LogP contribution in [0.25, 0.3) is 0 Å². The summed E-state index contributed by atoms with van der Waals surface area (Å²) < 4.78 is 6.09. The molecule has 26 heavy (non-hydrogen) atoms. The third-order valence-electron chi connectivity index (χ3n) is 5.71. The van der Waals surface area contributed by atoms with Gasteiger partial charge in [-0.1, -0.05) is 36.4 Å². The first kappa shape index (κ1) is 17.1. The Morgan fingerprint density at radius 3 is 2.69 bits per heavy atom. The second-order valence-corrected chi connectivity index (χ2v) is 7.51. The largest absolute Gasteiger partial charge is 0.481 e. The zero-order valence-electron chi connectivity index (χ0n) is 15.5. The van der Waals surface area contributed by atoms with E-state index in [1.54, 1.807) is 0 Å². The highest BCUT2D eigenvalue weighted by molar-refractivity contribution is 5.81. The number of nitrogens with one attached hydrogen (secondary N) is 1. The summed E-state index contributed by atoms with van der Waals surface area (Å²) in [6, 6.07) is 14.8. The lowest BCUT2D eigenvalue weighted by atomic mass is 9.87. The molecule has 136 valence electrons. The first-order valence-corrected chi connectivity index (χ1v) is 9.88. The van der Waals surface area contributed by atoms with Crippen LogP contribution in [0.15, 0.2) is 42.5 Å². The minimum atomic E-state index is -0.488. The normalized spacial score (nSPS) is 19.8. The third kappa shape index (κ3) is 3.48. The van der Waals surface area contributed by atoms with E-state index in [1.165, 1.54) is 35.1 Å². The molecule has 0 unspecified atom stereocenters. The molecule has 0 saturated carbocycles. The first-order chi connectivity index (χ1) is 12.7. The molecule has 2 aliphatic rings. The van der Waals surface area contributed by atoms with Gasteiger partial charge in [0.05, 0.1) is 6.04 Å². The molecule has 1 N–H and O–H groups in total. The molecule has 0 heterocycles. The Morgan fingerprint density at radius 1 is 1.00 bits per heavy atom. The molecule has 0 aliphatic heterocycles. The summed E-state index contributed by atoms with van der Waals surface area (Å²) in [6.45, 7) is 1.85. The van der Waals surface area contributed by atoms with Crippen LogP contribution in [0, 0.1) is 0 Å². The number of carbonyl (C=O) groups excluding carboxylic acids is 1. The molecule has 0 aromatic heterocycles. The van der Waals surface area contributed by atoms with Crippen molar-refractivity contribution in [2.45, 2.75) is 64.0 Å². The highest BCUT2D eigenvalue weighted by Crippen LogP contribution is 2.31. The zero-order chi connectivity index (χ0) is 17.9. The topological polar surface area (TPSA) is 38.3 Å². The molecule has 0 bridgehead atoms. The van der Waals surface area contributed by atoms with Crippen LogP contribution in [-0.4, -0.2) is 12.0 Å². The van der Waals surface area contributed by atoms with Crippen LogP contribution >= 0.6 is 0 Å². The lowest BCUT2D eigenvalue weighted by molar-refractivity contribution is -0.128. The van der Waals surface area contributed by atoms with Crippen molar-refractivity contribution in [1.82, 2.24) is 5.32 Å². The highest BCUT2D eigenvalue weighted by Gasteiger charge is 2.25. The van der Waals surface area contributed by atoms with Crippen molar-refractivity contribution in [2.24, 2.45) is 0 Å². The zero-order valence-corrected chi connectivity index (χ0v) is 15.5. The minimum Gasteiger partial charge on any atom is -0.481 e. The molecule has 0 fully saturated rings. The number of hydrogen-bond acceptors (Lipinski definition) is 2. The van der Waals surface area contributed by atoms with Crippen LogP contribution in [-0.2, 0) is 24.1 Å². The van der Waals surface area contributed by atoms with E-state index < -0.39 is 6.10 Å². The second kappa shape index (κ2) is 7.53. The second-order valence-electron chi connectivity index (χ2n) is 7.51. The van der Waals surface area contributed by atoms with Crippen molar-refractivity contribution < 1.29 is 9.53 Å². The average Bonchev–Trinajstić information content (AvgIpc) is 2.68. The number of fused-ring (bicyclic) bond motifs is 2. The van der Waals surface area contributed by atoms with E-state index in [0.717, 1.165) is 37.9 Å². The Morgan fingerprint density at radius 2 is 1.77 bits per heavy atom. The number of amides is 1. The van der Waals surface area contributed by atoms with Crippen molar-refractivity contribution in [3.8, 4) is 5.75 Å². The first-order valence-electron chi connectivity index (χ1n) is 9.88. The fourth-order valence-electron chi connectivity index (χ4n) is 4.29. The highest BCUT2D eigenvalue weighted by atomic mass is 16.5. The fraction of sp³-hybridized carbons (Fsp3) is 0.435. The van der Waals surface area contributed by atoms with Gasteiger partial charge in [0.1, 0.15) is 5.75 Å². The summed E-state index contributed by atoms with van der Waals surface area (Å²) in [4.78, 5) is 12.8. The molecule has 3 heteroatoms. The number of hydrogen-bond donors (Lipinski definition) is 1. The molecule has 2 atom stereocenters. The Bertz CT molecular complexity index is 799. The van der Waals surface area contributed by atoms with E-state index in [1.807, 2.05) is 19.1 Å². The predicted molar refractivity (Wildman–Crippen MR) is 103 cm³/mol. The standard InChI is InChI=1S/C23H27NO2/c1-16(26-22-15-7-11-18-9-3-5-13-20(18)22)23(25)24-21-14-6-10-17-8-2-4-12-19(17)21/h2,4,7-8,11-12,15-16,21H,3,5-6,9-10,13-14H2,1H3,(H,24,25)/t16-,21-/m1/s1. The Balaban J connectivity index is 1.45. The van der Waals surface area contributed by atoms with Gasteiger partial charge in [0.25, 0.3) is 5.91 Å². The molecule has 0 saturated heterocycles. The maximum absolute atomic E-state index is 12.8. The van der Waals surface area contributed by atoms with Crippen LogP contribution in [0.4, 0.5) is 0 Å². The van der Waals surface area contributed by atoms with Crippen molar-refractivity contribution in [3.05, 3.63) is 64.7 Å². The molecule has 0 radical (unpaired) electrons. The van der Waals surface area contributed by atoms with E-state index in [-0.39, 0.29) is 11.9 Å². The van der Waals surface area contributed by atoms with Gasteiger partial charge in [0, 0.05) is 0 Å². The number of ether oxygens (including phenoxy) is 1. The molecule has 2 aromatic rings. The van der Waals surface area contributed by atoms with Gasteiger partial charge in [0.15, 0.2) is 6.10 Å². The predicted octanol–water partition coefficient (Wildman–Crippen LogP) is 4.53. The third-order valence-corrected chi connectivity index (χ3v) is 5.71. The van der Waals surface area contributed by atoms with Gasteiger partial charge < -0.3 is 10.1 Å². The molecule has 0 spiro atoms. The molecule has 4 rings (SSSR count). The number of rotatable bonds is 4. The summed E-state index contributed by atoms with van der Waals surface area (Å²) >= 11 is 0. The summed E-state index contributed by atoms with van der Waals surface area (Å²) in [6.07, 6.45) is 7.34. The van der Waals surface area contributed by atoms with E-state index in [2.05, 4.69) is 35.6 Å². The van der Waals surface area contributed by atoms with Gasteiger partial charge in [-0.3, -0.25) is 4.79 Å². The van der Waals surface area contributed by atoms with Crippen LogP contribution < -0.4 is 10.1 Å². The van der Waals surface area contributed by atoms with Crippen LogP contribution in [0.2, 0.25) is 0 Å². The van der Waals surface area contributed by atoms with Crippen molar-refractivity contribution in [2.75, 3.05) is 0 Å². The number of benzene rings is 2. The lowest BCUT2D eigenvalue weighted by Crippen LogP contribution is -2.39. The van der Waals surface area contributed by atoms with Gasteiger partial charge in [-0.05, 0) is 80.2 Å². The van der Waals surface area contributed by atoms with E-state index >= 15 is 0 Å². The molecular weight excluding hydrogens is 322 g/mol. The number of carbonyl (C=O) groups is 1. The molecule has 2 aromatic carbocycles. The van der Waals surface area contributed by atoms with Crippen molar-refractivity contribution in [1.29, 1.82) is 0 Å². The van der Waals surface area contributed by atoms with Gasteiger partial charge in [-0.25, -0.2) is 0 Å². The van der Waals surface area contributed by atoms with Crippen LogP contribution in [0.5, 0.6) is 5.75 Å².